The summed E-state index contributed by atoms with van der Waals surface area (Å²) in [6.07, 6.45) is 0. The maximum atomic E-state index is 10.6. The number of carboxylic acid groups (broad SMARTS) is 1. The van der Waals surface area contributed by atoms with Crippen LogP contribution in [0.15, 0.2) is 12.1 Å². The fourth-order valence-corrected chi connectivity index (χ4v) is 1.10. The monoisotopic (exact) mass is 233 g/mol. The SMILES string of the molecule is CC(C(=O)O)c1ccc(O)c(N)c1O.Cl. The smallest absolute Gasteiger partial charge is 0.310 e. The van der Waals surface area contributed by atoms with Crippen LogP contribution in [0.2, 0.25) is 0 Å². The Morgan fingerprint density at radius 3 is 2.40 bits per heavy atom. The number of aliphatic carboxylic acids is 1. The van der Waals surface area contributed by atoms with E-state index >= 15 is 0 Å². The Hall–Kier alpha value is -1.62. The second-order valence-corrected chi connectivity index (χ2v) is 3.00. The molecule has 15 heavy (non-hydrogen) atoms. The van der Waals surface area contributed by atoms with Crippen molar-refractivity contribution in [1.82, 2.24) is 0 Å². The van der Waals surface area contributed by atoms with Gasteiger partial charge in [-0.05, 0) is 13.0 Å². The van der Waals surface area contributed by atoms with E-state index in [-0.39, 0.29) is 35.2 Å². The molecule has 6 heteroatoms. The van der Waals surface area contributed by atoms with Crippen molar-refractivity contribution >= 4 is 24.1 Å². The number of nitrogen functional groups attached to an aromatic ring is 1. The van der Waals surface area contributed by atoms with Gasteiger partial charge in [-0.1, -0.05) is 6.07 Å². The molecule has 0 aliphatic rings. The maximum absolute atomic E-state index is 10.6. The van der Waals surface area contributed by atoms with Crippen LogP contribution in [0.5, 0.6) is 11.5 Å². The van der Waals surface area contributed by atoms with Crippen molar-refractivity contribution in [3.05, 3.63) is 17.7 Å². The lowest BCUT2D eigenvalue weighted by molar-refractivity contribution is -0.138. The number of nitrogens with two attached hydrogens (primary N) is 1. The van der Waals surface area contributed by atoms with E-state index in [0.717, 1.165) is 0 Å². The van der Waals surface area contributed by atoms with Crippen LogP contribution in [-0.2, 0) is 4.79 Å². The Balaban J connectivity index is 0.00000196. The third kappa shape index (κ3) is 2.44. The van der Waals surface area contributed by atoms with E-state index in [4.69, 9.17) is 15.9 Å². The first-order valence-corrected chi connectivity index (χ1v) is 3.98. The molecule has 0 heterocycles. The predicted octanol–water partition coefficient (Wildman–Crippen LogP) is 1.29. The highest BCUT2D eigenvalue weighted by molar-refractivity contribution is 5.85. The molecule has 0 aromatic heterocycles. The fraction of sp³-hybridized carbons (Fsp3) is 0.222. The number of aromatic hydroxyl groups is 2. The summed E-state index contributed by atoms with van der Waals surface area (Å²) in [4.78, 5) is 10.6. The van der Waals surface area contributed by atoms with E-state index in [1.165, 1.54) is 19.1 Å². The number of carbonyl (C=O) groups is 1. The first-order chi connectivity index (χ1) is 6.45. The van der Waals surface area contributed by atoms with Gasteiger partial charge in [-0.2, -0.15) is 0 Å². The zero-order chi connectivity index (χ0) is 10.9. The maximum Gasteiger partial charge on any atom is 0.310 e. The summed E-state index contributed by atoms with van der Waals surface area (Å²) in [6, 6.07) is 2.59. The number of halogens is 1. The summed E-state index contributed by atoms with van der Waals surface area (Å²) in [5.41, 5.74) is 5.32. The van der Waals surface area contributed by atoms with Crippen molar-refractivity contribution in [2.24, 2.45) is 0 Å². The highest BCUT2D eigenvalue weighted by Crippen LogP contribution is 2.36. The third-order valence-electron chi connectivity index (χ3n) is 2.06. The van der Waals surface area contributed by atoms with Gasteiger partial charge in [-0.3, -0.25) is 4.79 Å². The van der Waals surface area contributed by atoms with Crippen LogP contribution >= 0.6 is 12.4 Å². The van der Waals surface area contributed by atoms with E-state index in [1.807, 2.05) is 0 Å². The number of rotatable bonds is 2. The van der Waals surface area contributed by atoms with Gasteiger partial charge >= 0.3 is 5.97 Å². The number of phenols is 2. The largest absolute Gasteiger partial charge is 0.506 e. The van der Waals surface area contributed by atoms with Gasteiger partial charge in [0.1, 0.15) is 17.2 Å². The zero-order valence-electron chi connectivity index (χ0n) is 7.97. The topological polar surface area (TPSA) is 104 Å². The first-order valence-electron chi connectivity index (χ1n) is 3.98. The summed E-state index contributed by atoms with van der Waals surface area (Å²) in [6.45, 7) is 1.42. The predicted molar refractivity (Wildman–Crippen MR) is 57.5 cm³/mol. The molecule has 1 atom stereocenters. The van der Waals surface area contributed by atoms with Crippen LogP contribution in [-0.4, -0.2) is 21.3 Å². The summed E-state index contributed by atoms with van der Waals surface area (Å²) in [7, 11) is 0. The lowest BCUT2D eigenvalue weighted by Crippen LogP contribution is -2.08. The Morgan fingerprint density at radius 1 is 1.40 bits per heavy atom. The molecule has 5 N–H and O–H groups in total. The molecule has 84 valence electrons. The van der Waals surface area contributed by atoms with Crippen LogP contribution < -0.4 is 5.73 Å². The van der Waals surface area contributed by atoms with Gasteiger partial charge in [0.05, 0.1) is 5.92 Å². The fourth-order valence-electron chi connectivity index (χ4n) is 1.10. The Bertz CT molecular complexity index is 381. The molecule has 0 bridgehead atoms. The highest BCUT2D eigenvalue weighted by Gasteiger charge is 2.19. The van der Waals surface area contributed by atoms with Crippen molar-refractivity contribution in [3.8, 4) is 11.5 Å². The molecular weight excluding hydrogens is 222 g/mol. The van der Waals surface area contributed by atoms with Crippen LogP contribution in [0, 0.1) is 0 Å². The third-order valence-corrected chi connectivity index (χ3v) is 2.06. The van der Waals surface area contributed by atoms with Crippen LogP contribution in [0.1, 0.15) is 18.4 Å². The molecule has 0 aliphatic carbocycles. The zero-order valence-corrected chi connectivity index (χ0v) is 8.78. The van der Waals surface area contributed by atoms with Gasteiger partial charge in [0, 0.05) is 5.56 Å². The summed E-state index contributed by atoms with van der Waals surface area (Å²) >= 11 is 0. The standard InChI is InChI=1S/C9H11NO4.ClH/c1-4(9(13)14)5-2-3-6(11)7(10)8(5)12;/h2-4,11-12H,10H2,1H3,(H,13,14);1H. The molecule has 5 nitrogen and oxygen atoms in total. The van der Waals surface area contributed by atoms with Crippen molar-refractivity contribution in [2.75, 3.05) is 5.73 Å². The van der Waals surface area contributed by atoms with Gasteiger partial charge in [0.15, 0.2) is 0 Å². The summed E-state index contributed by atoms with van der Waals surface area (Å²) < 4.78 is 0. The number of benzene rings is 1. The van der Waals surface area contributed by atoms with Crippen LogP contribution in [0.4, 0.5) is 5.69 Å². The highest BCUT2D eigenvalue weighted by atomic mass is 35.5. The molecule has 0 saturated heterocycles. The minimum Gasteiger partial charge on any atom is -0.506 e. The first kappa shape index (κ1) is 13.4. The van der Waals surface area contributed by atoms with E-state index in [1.54, 1.807) is 0 Å². The molecule has 1 unspecified atom stereocenters. The van der Waals surface area contributed by atoms with Gasteiger partial charge in [0.25, 0.3) is 0 Å². The number of hydrogen-bond donors (Lipinski definition) is 4. The second kappa shape index (κ2) is 4.75. The molecule has 0 saturated carbocycles. The van der Waals surface area contributed by atoms with Crippen LogP contribution in [0.25, 0.3) is 0 Å². The van der Waals surface area contributed by atoms with E-state index < -0.39 is 11.9 Å². The van der Waals surface area contributed by atoms with Crippen molar-refractivity contribution in [1.29, 1.82) is 0 Å². The van der Waals surface area contributed by atoms with E-state index in [9.17, 15) is 9.90 Å². The van der Waals surface area contributed by atoms with Gasteiger partial charge in [-0.15, -0.1) is 12.4 Å². The Labute approximate surface area is 92.6 Å². The van der Waals surface area contributed by atoms with Crippen LogP contribution in [0.3, 0.4) is 0 Å². The second-order valence-electron chi connectivity index (χ2n) is 3.00. The minimum atomic E-state index is -1.06. The van der Waals surface area contributed by atoms with E-state index in [2.05, 4.69) is 0 Å². The molecule has 0 amide bonds. The minimum absolute atomic E-state index is 0. The van der Waals surface area contributed by atoms with Gasteiger partial charge < -0.3 is 21.1 Å². The molecule has 1 aromatic rings. The average molecular weight is 234 g/mol. The quantitative estimate of drug-likeness (QED) is 0.455. The lowest BCUT2D eigenvalue weighted by atomic mass is 9.99. The number of carboxylic acids is 1. The number of anilines is 1. The van der Waals surface area contributed by atoms with Crippen molar-refractivity contribution in [2.45, 2.75) is 12.8 Å². The average Bonchev–Trinajstić information content (AvgIpc) is 2.13. The summed E-state index contributed by atoms with van der Waals surface area (Å²) in [5.74, 6) is -2.56. The number of phenolic OH excluding ortho intramolecular Hbond substituents is 2. The molecule has 0 radical (unpaired) electrons. The van der Waals surface area contributed by atoms with Crippen molar-refractivity contribution in [3.63, 3.8) is 0 Å². The van der Waals surface area contributed by atoms with E-state index in [0.29, 0.717) is 0 Å². The molecule has 1 rings (SSSR count). The number of hydrogen-bond acceptors (Lipinski definition) is 4. The van der Waals surface area contributed by atoms with Gasteiger partial charge in [0.2, 0.25) is 0 Å². The molecule has 1 aromatic carbocycles. The van der Waals surface area contributed by atoms with Gasteiger partial charge in [-0.25, -0.2) is 0 Å². The molecule has 0 fully saturated rings. The summed E-state index contributed by atoms with van der Waals surface area (Å²) in [5, 5.41) is 27.3. The Morgan fingerprint density at radius 2 is 1.93 bits per heavy atom. The molecule has 0 aliphatic heterocycles. The normalized spacial score (nSPS) is 11.5. The molecule has 0 spiro atoms. The molecular formula is C9H12ClNO4. The lowest BCUT2D eigenvalue weighted by Gasteiger charge is -2.11. The van der Waals surface area contributed by atoms with Crippen molar-refractivity contribution < 1.29 is 20.1 Å². The Kier molecular flexibility index (Phi) is 4.23.